The fourth-order valence-corrected chi connectivity index (χ4v) is 3.58. The quantitative estimate of drug-likeness (QED) is 0.814. The lowest BCUT2D eigenvalue weighted by Crippen LogP contribution is -2.38. The number of likely N-dealkylation sites (N-methyl/N-ethyl adjacent to an activating group) is 1. The molecule has 0 unspecified atom stereocenters. The van der Waals surface area contributed by atoms with Crippen LogP contribution in [0.15, 0.2) is 30.0 Å². The van der Waals surface area contributed by atoms with Gasteiger partial charge < -0.3 is 0 Å². The SMILES string of the molecule is CN(Cc1nccs1)C[C@@H]1C[C@H](F)CN1Cc1ncccn1. The highest BCUT2D eigenvalue weighted by molar-refractivity contribution is 7.09. The molecule has 1 aliphatic rings. The number of thiazole rings is 1. The second-order valence-electron chi connectivity index (χ2n) is 5.70. The Labute approximate surface area is 133 Å². The van der Waals surface area contributed by atoms with E-state index >= 15 is 0 Å². The molecule has 0 spiro atoms. The van der Waals surface area contributed by atoms with Crippen molar-refractivity contribution in [1.29, 1.82) is 0 Å². The average Bonchev–Trinajstić information content (AvgIpc) is 3.10. The zero-order chi connectivity index (χ0) is 15.4. The zero-order valence-electron chi connectivity index (χ0n) is 12.6. The van der Waals surface area contributed by atoms with E-state index in [4.69, 9.17) is 0 Å². The van der Waals surface area contributed by atoms with Gasteiger partial charge in [-0.15, -0.1) is 11.3 Å². The highest BCUT2D eigenvalue weighted by Gasteiger charge is 2.33. The lowest BCUT2D eigenvalue weighted by Gasteiger charge is -2.27. The van der Waals surface area contributed by atoms with E-state index < -0.39 is 6.17 Å². The maximum atomic E-state index is 13.8. The first kappa shape index (κ1) is 15.5. The maximum absolute atomic E-state index is 13.8. The van der Waals surface area contributed by atoms with Gasteiger partial charge in [0.1, 0.15) is 17.0 Å². The summed E-state index contributed by atoms with van der Waals surface area (Å²) in [5.41, 5.74) is 0. The lowest BCUT2D eigenvalue weighted by atomic mass is 10.2. The number of rotatable bonds is 6. The number of likely N-dealkylation sites (tertiary alicyclic amines) is 1. The summed E-state index contributed by atoms with van der Waals surface area (Å²) in [5.74, 6) is 0.754. The monoisotopic (exact) mass is 321 g/mol. The van der Waals surface area contributed by atoms with Crippen molar-refractivity contribution in [2.24, 2.45) is 0 Å². The van der Waals surface area contributed by atoms with Gasteiger partial charge in [-0.2, -0.15) is 0 Å². The van der Waals surface area contributed by atoms with E-state index in [2.05, 4.69) is 31.8 Å². The molecule has 0 aliphatic carbocycles. The zero-order valence-corrected chi connectivity index (χ0v) is 13.4. The molecule has 2 aromatic heterocycles. The van der Waals surface area contributed by atoms with Crippen molar-refractivity contribution < 1.29 is 4.39 Å². The first-order valence-corrected chi connectivity index (χ1v) is 8.29. The summed E-state index contributed by atoms with van der Waals surface area (Å²) in [4.78, 5) is 17.2. The molecule has 1 fully saturated rings. The molecule has 0 bridgehead atoms. The van der Waals surface area contributed by atoms with Crippen LogP contribution >= 0.6 is 11.3 Å². The van der Waals surface area contributed by atoms with Gasteiger partial charge in [-0.3, -0.25) is 9.80 Å². The molecule has 2 atom stereocenters. The maximum Gasteiger partial charge on any atom is 0.142 e. The van der Waals surface area contributed by atoms with Gasteiger partial charge in [0, 0.05) is 43.1 Å². The van der Waals surface area contributed by atoms with Crippen LogP contribution < -0.4 is 0 Å². The van der Waals surface area contributed by atoms with Gasteiger partial charge in [0.2, 0.25) is 0 Å². The Kier molecular flexibility index (Phi) is 5.07. The van der Waals surface area contributed by atoms with Crippen LogP contribution in [0.1, 0.15) is 17.3 Å². The topological polar surface area (TPSA) is 45.2 Å². The van der Waals surface area contributed by atoms with E-state index in [0.717, 1.165) is 23.9 Å². The summed E-state index contributed by atoms with van der Waals surface area (Å²) < 4.78 is 13.8. The fourth-order valence-electron chi connectivity index (χ4n) is 2.89. The second kappa shape index (κ2) is 7.21. The van der Waals surface area contributed by atoms with E-state index in [9.17, 15) is 4.39 Å². The van der Waals surface area contributed by atoms with Gasteiger partial charge in [-0.25, -0.2) is 19.3 Å². The molecule has 0 amide bonds. The van der Waals surface area contributed by atoms with E-state index in [1.807, 2.05) is 11.6 Å². The van der Waals surface area contributed by atoms with Crippen LogP contribution in [0.5, 0.6) is 0 Å². The number of hydrogen-bond acceptors (Lipinski definition) is 6. The summed E-state index contributed by atoms with van der Waals surface area (Å²) in [6.45, 7) is 2.71. The molecule has 2 aromatic rings. The minimum absolute atomic E-state index is 0.198. The summed E-state index contributed by atoms with van der Waals surface area (Å²) in [5, 5.41) is 3.07. The molecule has 118 valence electrons. The molecular formula is C15H20FN5S. The van der Waals surface area contributed by atoms with Crippen molar-refractivity contribution in [3.05, 3.63) is 40.9 Å². The first-order chi connectivity index (χ1) is 10.7. The Morgan fingerprint density at radius 2 is 2.14 bits per heavy atom. The molecule has 0 saturated carbocycles. The Morgan fingerprint density at radius 1 is 1.32 bits per heavy atom. The average molecular weight is 321 g/mol. The molecular weight excluding hydrogens is 301 g/mol. The van der Waals surface area contributed by atoms with Crippen LogP contribution in [0.2, 0.25) is 0 Å². The van der Waals surface area contributed by atoms with E-state index in [0.29, 0.717) is 19.5 Å². The molecule has 7 heteroatoms. The van der Waals surface area contributed by atoms with E-state index in [1.54, 1.807) is 29.8 Å². The van der Waals surface area contributed by atoms with Gasteiger partial charge >= 0.3 is 0 Å². The number of halogens is 1. The van der Waals surface area contributed by atoms with Gasteiger partial charge in [0.05, 0.1) is 13.1 Å². The second-order valence-corrected chi connectivity index (χ2v) is 6.68. The number of nitrogens with zero attached hydrogens (tertiary/aromatic N) is 5. The summed E-state index contributed by atoms with van der Waals surface area (Å²) in [6, 6.07) is 1.99. The molecule has 3 heterocycles. The fraction of sp³-hybridized carbons (Fsp3) is 0.533. The number of hydrogen-bond donors (Lipinski definition) is 0. The van der Waals surface area contributed by atoms with Gasteiger partial charge in [-0.1, -0.05) is 0 Å². The first-order valence-electron chi connectivity index (χ1n) is 7.41. The molecule has 22 heavy (non-hydrogen) atoms. The molecule has 1 saturated heterocycles. The van der Waals surface area contributed by atoms with E-state index in [-0.39, 0.29) is 6.04 Å². The van der Waals surface area contributed by atoms with Crippen molar-refractivity contribution >= 4 is 11.3 Å². The number of aromatic nitrogens is 3. The molecule has 1 aliphatic heterocycles. The van der Waals surface area contributed by atoms with Crippen LogP contribution in [-0.2, 0) is 13.1 Å². The molecule has 0 aromatic carbocycles. The predicted octanol–water partition coefficient (Wildman–Crippen LogP) is 1.98. The highest BCUT2D eigenvalue weighted by Crippen LogP contribution is 2.23. The van der Waals surface area contributed by atoms with Crippen molar-refractivity contribution in [3.63, 3.8) is 0 Å². The Bertz CT molecular complexity index is 565. The van der Waals surface area contributed by atoms with E-state index in [1.165, 1.54) is 0 Å². The Balaban J connectivity index is 1.58. The molecule has 5 nitrogen and oxygen atoms in total. The van der Waals surface area contributed by atoms with Gasteiger partial charge in [0.15, 0.2) is 0 Å². The lowest BCUT2D eigenvalue weighted by molar-refractivity contribution is 0.177. The molecule has 3 rings (SSSR count). The van der Waals surface area contributed by atoms with Crippen molar-refractivity contribution in [3.8, 4) is 0 Å². The van der Waals surface area contributed by atoms with Crippen LogP contribution in [0, 0.1) is 0 Å². The predicted molar refractivity (Wildman–Crippen MR) is 84.2 cm³/mol. The standard InChI is InChI=1S/C15H20FN5S/c1-20(11-15-19-5-6-22-15)9-13-7-12(16)8-21(13)10-14-17-3-2-4-18-14/h2-6,12-13H,7-11H2,1H3/t12-,13-/m0/s1. The van der Waals surface area contributed by atoms with Gasteiger partial charge in [0.25, 0.3) is 0 Å². The van der Waals surface area contributed by atoms with Crippen LogP contribution in [0.25, 0.3) is 0 Å². The minimum Gasteiger partial charge on any atom is -0.298 e. The Morgan fingerprint density at radius 3 is 2.86 bits per heavy atom. The summed E-state index contributed by atoms with van der Waals surface area (Å²) in [7, 11) is 2.06. The summed E-state index contributed by atoms with van der Waals surface area (Å²) >= 11 is 1.65. The molecule has 0 N–H and O–H groups in total. The molecule has 0 radical (unpaired) electrons. The third-order valence-electron chi connectivity index (χ3n) is 3.85. The van der Waals surface area contributed by atoms with Crippen molar-refractivity contribution in [2.45, 2.75) is 31.7 Å². The van der Waals surface area contributed by atoms with Crippen molar-refractivity contribution in [2.75, 3.05) is 20.1 Å². The number of alkyl halides is 1. The largest absolute Gasteiger partial charge is 0.298 e. The van der Waals surface area contributed by atoms with Crippen LogP contribution in [0.3, 0.4) is 0 Å². The van der Waals surface area contributed by atoms with Gasteiger partial charge in [-0.05, 0) is 19.5 Å². The Hall–Kier alpha value is -1.44. The normalized spacial score (nSPS) is 22.5. The van der Waals surface area contributed by atoms with Crippen LogP contribution in [-0.4, -0.2) is 57.1 Å². The van der Waals surface area contributed by atoms with Crippen LogP contribution in [0.4, 0.5) is 4.39 Å². The minimum atomic E-state index is -0.762. The third-order valence-corrected chi connectivity index (χ3v) is 4.62. The summed E-state index contributed by atoms with van der Waals surface area (Å²) in [6.07, 6.45) is 5.10. The smallest absolute Gasteiger partial charge is 0.142 e. The van der Waals surface area contributed by atoms with Crippen molar-refractivity contribution in [1.82, 2.24) is 24.8 Å². The third kappa shape index (κ3) is 4.06. The highest BCUT2D eigenvalue weighted by atomic mass is 32.1.